The van der Waals surface area contributed by atoms with E-state index in [-0.39, 0.29) is 10.7 Å². The summed E-state index contributed by atoms with van der Waals surface area (Å²) >= 11 is 1.81. The maximum absolute atomic E-state index is 9.96. The molecule has 0 radical (unpaired) electrons. The maximum Gasteiger partial charge on any atom is 0.151 e. The van der Waals surface area contributed by atoms with Crippen LogP contribution in [0.1, 0.15) is 0 Å². The van der Waals surface area contributed by atoms with Gasteiger partial charge in [-0.05, 0) is 0 Å². The zero-order valence-corrected chi connectivity index (χ0v) is 8.33. The Morgan fingerprint density at radius 1 is 1.17 bits per heavy atom. The molecular formula is C6H11IO5. The van der Waals surface area contributed by atoms with E-state index in [1.54, 1.807) is 22.6 Å². The molecule has 0 spiro atoms. The molecular weight excluding hydrogens is 279 g/mol. The van der Waals surface area contributed by atoms with E-state index in [0.717, 1.165) is 0 Å². The molecule has 0 amide bonds. The smallest absolute Gasteiger partial charge is 0.151 e. The highest BCUT2D eigenvalue weighted by molar-refractivity contribution is 14.1. The summed E-state index contributed by atoms with van der Waals surface area (Å²) in [5.41, 5.74) is 0. The van der Waals surface area contributed by atoms with Crippen molar-refractivity contribution >= 4 is 28.9 Å². The third kappa shape index (κ3) is 3.31. The Kier molecular flexibility index (Phi) is 5.93. The molecule has 0 heterocycles. The highest BCUT2D eigenvalue weighted by atomic mass is 127. The zero-order chi connectivity index (χ0) is 9.72. The molecule has 0 aromatic heterocycles. The highest BCUT2D eigenvalue weighted by Crippen LogP contribution is 2.05. The summed E-state index contributed by atoms with van der Waals surface area (Å²) in [5.74, 6) is 0. The van der Waals surface area contributed by atoms with E-state index >= 15 is 0 Å². The van der Waals surface area contributed by atoms with Crippen LogP contribution in [0, 0.1) is 0 Å². The van der Waals surface area contributed by atoms with Gasteiger partial charge in [-0.2, -0.15) is 0 Å². The molecule has 0 fully saturated rings. The molecule has 5 nitrogen and oxygen atoms in total. The lowest BCUT2D eigenvalue weighted by atomic mass is 10.1. The Hall–Kier alpha value is 0.240. The zero-order valence-electron chi connectivity index (χ0n) is 6.17. The molecule has 0 unspecified atom stereocenters. The first-order valence-corrected chi connectivity index (χ1v) is 4.80. The van der Waals surface area contributed by atoms with Gasteiger partial charge in [0.1, 0.15) is 18.3 Å². The van der Waals surface area contributed by atoms with E-state index in [1.807, 2.05) is 0 Å². The van der Waals surface area contributed by atoms with E-state index in [1.165, 1.54) is 0 Å². The fourth-order valence-corrected chi connectivity index (χ4v) is 1.12. The van der Waals surface area contributed by atoms with Crippen LogP contribution < -0.4 is 0 Å². The van der Waals surface area contributed by atoms with Crippen molar-refractivity contribution in [2.24, 2.45) is 0 Å². The van der Waals surface area contributed by atoms with Gasteiger partial charge in [-0.1, -0.05) is 22.6 Å². The summed E-state index contributed by atoms with van der Waals surface area (Å²) in [7, 11) is 0. The molecule has 0 aliphatic carbocycles. The molecule has 0 aromatic rings. The maximum atomic E-state index is 9.96. The molecule has 0 rings (SSSR count). The third-order valence-corrected chi connectivity index (χ3v) is 2.29. The predicted octanol–water partition coefficient (Wildman–Crippen LogP) is -1.94. The average molecular weight is 290 g/mol. The number of alkyl halides is 1. The van der Waals surface area contributed by atoms with E-state index in [9.17, 15) is 4.79 Å². The first kappa shape index (κ1) is 12.2. The molecule has 72 valence electrons. The normalized spacial score (nSPS) is 21.1. The van der Waals surface area contributed by atoms with Crippen molar-refractivity contribution < 1.29 is 25.2 Å². The first-order chi connectivity index (χ1) is 5.54. The number of hydrogen-bond donors (Lipinski definition) is 4. The monoisotopic (exact) mass is 290 g/mol. The number of carbonyl (C=O) groups is 1. The second-order valence-corrected chi connectivity index (χ2v) is 3.21. The molecule has 4 N–H and O–H groups in total. The van der Waals surface area contributed by atoms with Crippen LogP contribution in [-0.2, 0) is 4.79 Å². The quantitative estimate of drug-likeness (QED) is 0.268. The van der Waals surface area contributed by atoms with Gasteiger partial charge in [-0.25, -0.2) is 0 Å². The molecule has 0 bridgehead atoms. The second-order valence-electron chi connectivity index (χ2n) is 2.33. The Labute approximate surface area is 83.2 Å². The SMILES string of the molecule is O=C[C@H](O)[C@@H](O)[C@H](O)[C@H](O)CI. The molecule has 12 heavy (non-hydrogen) atoms. The summed E-state index contributed by atoms with van der Waals surface area (Å²) in [6.45, 7) is 0. The Morgan fingerprint density at radius 3 is 2.00 bits per heavy atom. The average Bonchev–Trinajstić information content (AvgIpc) is 2.12. The summed E-state index contributed by atoms with van der Waals surface area (Å²) in [6, 6.07) is 0. The van der Waals surface area contributed by atoms with Crippen molar-refractivity contribution in [3.05, 3.63) is 0 Å². The standard InChI is InChI=1S/C6H11IO5/c7-1-3(9)5(11)6(12)4(10)2-8/h2-6,9-12H,1H2/t3-,4+,5-,6-/m1/s1. The van der Waals surface area contributed by atoms with Gasteiger partial charge in [-0.15, -0.1) is 0 Å². The van der Waals surface area contributed by atoms with E-state index in [2.05, 4.69) is 0 Å². The first-order valence-electron chi connectivity index (χ1n) is 3.28. The molecule has 0 saturated heterocycles. The molecule has 6 heteroatoms. The number of aliphatic hydroxyl groups excluding tert-OH is 4. The van der Waals surface area contributed by atoms with Crippen molar-refractivity contribution in [1.29, 1.82) is 0 Å². The van der Waals surface area contributed by atoms with E-state index in [0.29, 0.717) is 0 Å². The van der Waals surface area contributed by atoms with Crippen LogP contribution in [0.25, 0.3) is 0 Å². The van der Waals surface area contributed by atoms with Crippen molar-refractivity contribution in [1.82, 2.24) is 0 Å². The van der Waals surface area contributed by atoms with Crippen LogP contribution in [0.5, 0.6) is 0 Å². The van der Waals surface area contributed by atoms with Gasteiger partial charge < -0.3 is 25.2 Å². The van der Waals surface area contributed by atoms with Gasteiger partial charge in [0.15, 0.2) is 6.29 Å². The fourth-order valence-electron chi connectivity index (χ4n) is 0.601. The van der Waals surface area contributed by atoms with Crippen molar-refractivity contribution in [2.45, 2.75) is 24.4 Å². The Bertz CT molecular complexity index is 142. The molecule has 0 aliphatic rings. The lowest BCUT2D eigenvalue weighted by Crippen LogP contribution is -2.45. The summed E-state index contributed by atoms with van der Waals surface area (Å²) in [5, 5.41) is 35.8. The number of rotatable bonds is 5. The van der Waals surface area contributed by atoms with Gasteiger partial charge in [-0.3, -0.25) is 0 Å². The molecule has 0 saturated carbocycles. The highest BCUT2D eigenvalue weighted by Gasteiger charge is 2.29. The van der Waals surface area contributed by atoms with Crippen molar-refractivity contribution in [3.8, 4) is 0 Å². The van der Waals surface area contributed by atoms with Crippen LogP contribution >= 0.6 is 22.6 Å². The Balaban J connectivity index is 4.07. The topological polar surface area (TPSA) is 98.0 Å². The van der Waals surface area contributed by atoms with Gasteiger partial charge in [0, 0.05) is 4.43 Å². The van der Waals surface area contributed by atoms with E-state index in [4.69, 9.17) is 20.4 Å². The minimum atomic E-state index is -1.66. The van der Waals surface area contributed by atoms with Crippen LogP contribution in [0.3, 0.4) is 0 Å². The third-order valence-electron chi connectivity index (χ3n) is 1.39. The lowest BCUT2D eigenvalue weighted by Gasteiger charge is -2.22. The van der Waals surface area contributed by atoms with Crippen molar-refractivity contribution in [3.63, 3.8) is 0 Å². The summed E-state index contributed by atoms with van der Waals surface area (Å²) < 4.78 is 0.210. The predicted molar refractivity (Wildman–Crippen MR) is 49.0 cm³/mol. The minimum absolute atomic E-state index is 0.105. The fraction of sp³-hybridized carbons (Fsp3) is 0.833. The Morgan fingerprint density at radius 2 is 1.67 bits per heavy atom. The van der Waals surface area contributed by atoms with E-state index < -0.39 is 24.4 Å². The summed E-state index contributed by atoms with van der Waals surface area (Å²) in [4.78, 5) is 9.96. The van der Waals surface area contributed by atoms with Crippen LogP contribution in [0.2, 0.25) is 0 Å². The van der Waals surface area contributed by atoms with Gasteiger partial charge in [0.2, 0.25) is 0 Å². The van der Waals surface area contributed by atoms with Gasteiger partial charge >= 0.3 is 0 Å². The number of hydrogen-bond acceptors (Lipinski definition) is 5. The van der Waals surface area contributed by atoms with Crippen LogP contribution in [0.15, 0.2) is 0 Å². The lowest BCUT2D eigenvalue weighted by molar-refractivity contribution is -0.131. The number of aldehydes is 1. The summed E-state index contributed by atoms with van der Waals surface area (Å²) in [6.07, 6.45) is -5.82. The largest absolute Gasteiger partial charge is 0.390 e. The number of carbonyl (C=O) groups excluding carboxylic acids is 1. The van der Waals surface area contributed by atoms with Crippen molar-refractivity contribution in [2.75, 3.05) is 4.43 Å². The van der Waals surface area contributed by atoms with Gasteiger partial charge in [0.25, 0.3) is 0 Å². The van der Waals surface area contributed by atoms with Crippen LogP contribution in [-0.4, -0.2) is 55.6 Å². The number of halogens is 1. The molecule has 0 aliphatic heterocycles. The molecule has 0 aromatic carbocycles. The van der Waals surface area contributed by atoms with Gasteiger partial charge in [0.05, 0.1) is 6.10 Å². The number of aliphatic hydroxyl groups is 4. The molecule has 4 atom stereocenters. The second kappa shape index (κ2) is 5.81. The minimum Gasteiger partial charge on any atom is -0.390 e. The van der Waals surface area contributed by atoms with Crippen LogP contribution in [0.4, 0.5) is 0 Å².